The van der Waals surface area contributed by atoms with Crippen molar-refractivity contribution in [2.45, 2.75) is 26.3 Å². The van der Waals surface area contributed by atoms with Crippen LogP contribution < -0.4 is 5.32 Å². The Hall–Kier alpha value is -2.80. The Bertz CT molecular complexity index is 857. The van der Waals surface area contributed by atoms with Crippen LogP contribution in [0.5, 0.6) is 0 Å². The first-order chi connectivity index (χ1) is 12.0. The average molecular weight is 354 g/mol. The number of nitrogens with zero attached hydrogens (tertiary/aromatic N) is 3. The molecule has 7 heteroatoms. The van der Waals surface area contributed by atoms with Crippen molar-refractivity contribution in [1.82, 2.24) is 20.0 Å². The first-order valence-corrected chi connectivity index (χ1v) is 8.42. The van der Waals surface area contributed by atoms with Gasteiger partial charge in [0.2, 0.25) is 0 Å². The number of aromatic nitrogens is 2. The third-order valence-corrected chi connectivity index (χ3v) is 4.40. The highest BCUT2D eigenvalue weighted by Crippen LogP contribution is 2.18. The summed E-state index contributed by atoms with van der Waals surface area (Å²) in [4.78, 5) is 26.4. The van der Waals surface area contributed by atoms with Gasteiger partial charge in [0.05, 0.1) is 11.9 Å². The maximum atomic E-state index is 12.7. The van der Waals surface area contributed by atoms with Crippen LogP contribution in [0.4, 0.5) is 0 Å². The molecule has 1 aliphatic heterocycles. The van der Waals surface area contributed by atoms with Crippen molar-refractivity contribution in [3.8, 4) is 5.69 Å². The minimum absolute atomic E-state index is 0.0570. The van der Waals surface area contributed by atoms with Crippen LogP contribution in [0.25, 0.3) is 11.8 Å². The predicted octanol–water partition coefficient (Wildman–Crippen LogP) is 2.30. The van der Waals surface area contributed by atoms with Gasteiger partial charge in [-0.25, -0.2) is 4.68 Å². The van der Waals surface area contributed by atoms with E-state index in [1.54, 1.807) is 23.2 Å². The molecule has 1 N–H and O–H groups in total. The van der Waals surface area contributed by atoms with Crippen LogP contribution in [-0.4, -0.2) is 37.6 Å². The van der Waals surface area contributed by atoms with Crippen LogP contribution in [0.3, 0.4) is 0 Å². The Balaban J connectivity index is 1.92. The van der Waals surface area contributed by atoms with Gasteiger partial charge in [-0.2, -0.15) is 5.10 Å². The highest BCUT2D eigenvalue weighted by molar-refractivity contribution is 7.80. The van der Waals surface area contributed by atoms with Crippen molar-refractivity contribution in [3.05, 3.63) is 53.9 Å². The molecular weight excluding hydrogens is 336 g/mol. The van der Waals surface area contributed by atoms with Crippen molar-refractivity contribution in [3.63, 3.8) is 0 Å². The molecule has 2 aromatic rings. The summed E-state index contributed by atoms with van der Waals surface area (Å²) in [7, 11) is 0. The van der Waals surface area contributed by atoms with Crippen molar-refractivity contribution < 1.29 is 9.59 Å². The maximum absolute atomic E-state index is 12.7. The molecule has 0 bridgehead atoms. The maximum Gasteiger partial charge on any atom is 0.265 e. The van der Waals surface area contributed by atoms with Gasteiger partial charge in [0.1, 0.15) is 5.57 Å². The van der Waals surface area contributed by atoms with Crippen LogP contribution in [0.2, 0.25) is 0 Å². The lowest BCUT2D eigenvalue weighted by atomic mass is 10.1. The smallest absolute Gasteiger partial charge is 0.265 e. The number of benzene rings is 1. The first kappa shape index (κ1) is 17.0. The van der Waals surface area contributed by atoms with Crippen molar-refractivity contribution >= 4 is 35.2 Å². The van der Waals surface area contributed by atoms with E-state index in [-0.39, 0.29) is 22.6 Å². The summed E-state index contributed by atoms with van der Waals surface area (Å²) >= 11 is 5.14. The monoisotopic (exact) mass is 354 g/mol. The van der Waals surface area contributed by atoms with Gasteiger partial charge < -0.3 is 0 Å². The molecule has 1 aromatic heterocycles. The Morgan fingerprint density at radius 1 is 1.28 bits per heavy atom. The molecule has 128 valence electrons. The Labute approximate surface area is 151 Å². The summed E-state index contributed by atoms with van der Waals surface area (Å²) in [6, 6.07) is 9.51. The van der Waals surface area contributed by atoms with E-state index in [1.165, 1.54) is 4.90 Å². The van der Waals surface area contributed by atoms with Gasteiger partial charge in [0.25, 0.3) is 11.8 Å². The van der Waals surface area contributed by atoms with E-state index in [9.17, 15) is 9.59 Å². The lowest BCUT2D eigenvalue weighted by molar-refractivity contribution is -0.130. The largest absolute Gasteiger partial charge is 0.298 e. The third kappa shape index (κ3) is 3.36. The Kier molecular flexibility index (Phi) is 4.76. The van der Waals surface area contributed by atoms with Crippen molar-refractivity contribution in [2.24, 2.45) is 0 Å². The number of amides is 2. The van der Waals surface area contributed by atoms with Gasteiger partial charge in [-0.1, -0.05) is 25.1 Å². The molecule has 3 rings (SSSR count). The third-order valence-electron chi connectivity index (χ3n) is 4.10. The summed E-state index contributed by atoms with van der Waals surface area (Å²) < 4.78 is 1.69. The minimum atomic E-state index is -0.484. The molecule has 1 aliphatic rings. The molecule has 0 aliphatic carbocycles. The van der Waals surface area contributed by atoms with Crippen molar-refractivity contribution in [2.75, 3.05) is 0 Å². The van der Waals surface area contributed by atoms with Crippen LogP contribution in [0, 0.1) is 0 Å². The van der Waals surface area contributed by atoms with Gasteiger partial charge in [0.15, 0.2) is 5.11 Å². The summed E-state index contributed by atoms with van der Waals surface area (Å²) in [5.74, 6) is -0.863. The molecule has 2 heterocycles. The van der Waals surface area contributed by atoms with E-state index in [1.807, 2.05) is 44.2 Å². The van der Waals surface area contributed by atoms with Gasteiger partial charge in [-0.15, -0.1) is 0 Å². The van der Waals surface area contributed by atoms with Crippen molar-refractivity contribution in [1.29, 1.82) is 0 Å². The molecule has 1 atom stereocenters. The molecule has 6 nitrogen and oxygen atoms in total. The summed E-state index contributed by atoms with van der Waals surface area (Å²) in [5.41, 5.74) is 1.62. The fraction of sp³-hybridized carbons (Fsp3) is 0.222. The van der Waals surface area contributed by atoms with E-state index < -0.39 is 5.91 Å². The van der Waals surface area contributed by atoms with Gasteiger partial charge in [0, 0.05) is 17.8 Å². The number of thiocarbonyl (C=S) groups is 1. The number of carbonyl (C=O) groups excluding carboxylic acids is 2. The normalized spacial score (nSPS) is 17.8. The van der Waals surface area contributed by atoms with E-state index >= 15 is 0 Å². The molecule has 1 aromatic carbocycles. The zero-order chi connectivity index (χ0) is 18.0. The Morgan fingerprint density at radius 3 is 2.68 bits per heavy atom. The minimum Gasteiger partial charge on any atom is -0.298 e. The van der Waals surface area contributed by atoms with Crippen LogP contribution >= 0.6 is 12.2 Å². The number of para-hydroxylation sites is 1. The van der Waals surface area contributed by atoms with Crippen LogP contribution in [0.1, 0.15) is 25.8 Å². The zero-order valence-electron chi connectivity index (χ0n) is 14.0. The average Bonchev–Trinajstić information content (AvgIpc) is 3.07. The zero-order valence-corrected chi connectivity index (χ0v) is 14.8. The number of hydrogen-bond acceptors (Lipinski definition) is 4. The topological polar surface area (TPSA) is 67.2 Å². The Morgan fingerprint density at radius 2 is 2.00 bits per heavy atom. The summed E-state index contributed by atoms with van der Waals surface area (Å²) in [6.45, 7) is 3.86. The molecule has 25 heavy (non-hydrogen) atoms. The van der Waals surface area contributed by atoms with E-state index in [2.05, 4.69) is 10.4 Å². The molecule has 0 spiro atoms. The van der Waals surface area contributed by atoms with Crippen LogP contribution in [-0.2, 0) is 9.59 Å². The molecule has 2 amide bonds. The van der Waals surface area contributed by atoms with Gasteiger partial charge in [-0.3, -0.25) is 19.8 Å². The second-order valence-electron chi connectivity index (χ2n) is 5.80. The lowest BCUT2D eigenvalue weighted by Crippen LogP contribution is -2.56. The molecular formula is C18H18N4O2S. The van der Waals surface area contributed by atoms with Crippen LogP contribution in [0.15, 0.2) is 48.3 Å². The highest BCUT2D eigenvalue weighted by Gasteiger charge is 2.35. The van der Waals surface area contributed by atoms with Gasteiger partial charge >= 0.3 is 0 Å². The highest BCUT2D eigenvalue weighted by atomic mass is 32.1. The fourth-order valence-electron chi connectivity index (χ4n) is 2.55. The summed E-state index contributed by atoms with van der Waals surface area (Å²) in [6.07, 6.45) is 5.66. The molecule has 1 unspecified atom stereocenters. The van der Waals surface area contributed by atoms with Gasteiger partial charge in [-0.05, 0) is 43.8 Å². The summed E-state index contributed by atoms with van der Waals surface area (Å²) in [5, 5.41) is 7.02. The number of hydrogen-bond donors (Lipinski definition) is 1. The molecule has 0 saturated carbocycles. The molecule has 1 saturated heterocycles. The fourth-order valence-corrected chi connectivity index (χ4v) is 2.91. The predicted molar refractivity (Wildman–Crippen MR) is 98.9 cm³/mol. The second kappa shape index (κ2) is 6.98. The van der Waals surface area contributed by atoms with E-state index in [0.29, 0.717) is 5.56 Å². The standard InChI is InChI=1S/C18H18N4O2S/c1-3-12(2)22-17(24)15(16(23)20-18(22)25)9-13-10-19-21(11-13)14-7-5-4-6-8-14/h4-12H,3H2,1-2H3,(H,20,23,25). The number of nitrogens with one attached hydrogen (secondary N) is 1. The second-order valence-corrected chi connectivity index (χ2v) is 6.19. The first-order valence-electron chi connectivity index (χ1n) is 8.02. The van der Waals surface area contributed by atoms with E-state index in [0.717, 1.165) is 12.1 Å². The lowest BCUT2D eigenvalue weighted by Gasteiger charge is -2.33. The number of rotatable bonds is 4. The molecule has 1 fully saturated rings. The molecule has 0 radical (unpaired) electrons. The van der Waals surface area contributed by atoms with E-state index in [4.69, 9.17) is 12.2 Å². The SMILES string of the molecule is CCC(C)N1C(=O)C(=Cc2cnn(-c3ccccc3)c2)C(=O)NC1=S. The number of carbonyl (C=O) groups is 2. The quantitative estimate of drug-likeness (QED) is 0.520.